The number of nitrogens with two attached hydrogens (primary N) is 2. The number of benzene rings is 1. The molecule has 2 saturated heterocycles. The summed E-state index contributed by atoms with van der Waals surface area (Å²) in [5.41, 5.74) is 6.27. The van der Waals surface area contributed by atoms with Gasteiger partial charge in [0.15, 0.2) is 6.29 Å². The first kappa shape index (κ1) is 42.0. The Kier molecular flexibility index (Phi) is 14.2. The molecular weight excluding hydrogens is 868 g/mol. The molecule has 4 N–H and O–H groups in total. The second-order valence-electron chi connectivity index (χ2n) is 14.1. The van der Waals surface area contributed by atoms with Crippen molar-refractivity contribution < 1.29 is 38.0 Å². The lowest BCUT2D eigenvalue weighted by Crippen LogP contribution is -2.67. The highest BCUT2D eigenvalue weighted by Crippen LogP contribution is 2.41. The number of nitrogens with zero attached hydrogens (tertiary/aromatic N) is 4. The number of imide groups is 1. The third-order valence-electron chi connectivity index (χ3n) is 7.62. The predicted octanol–water partition coefficient (Wildman–Crippen LogP) is 7.05. The summed E-state index contributed by atoms with van der Waals surface area (Å²) in [7, 11) is 2.97. The second-order valence-corrected chi connectivity index (χ2v) is 17.8. The second kappa shape index (κ2) is 18.2. The molecule has 2 aliphatic heterocycles. The third-order valence-corrected chi connectivity index (χ3v) is 10.4. The Morgan fingerprint density at radius 3 is 2.39 bits per heavy atom. The smallest absolute Gasteiger partial charge is 0.426 e. The minimum absolute atomic E-state index is 0.00172. The molecule has 2 aliphatic rings. The number of hydrogen-bond acceptors (Lipinski definition) is 16. The van der Waals surface area contributed by atoms with Gasteiger partial charge in [0.05, 0.1) is 12.3 Å². The molecule has 2 amide bonds. The van der Waals surface area contributed by atoms with Gasteiger partial charge in [-0.15, -0.1) is 11.3 Å². The summed E-state index contributed by atoms with van der Waals surface area (Å²) in [6.45, 7) is 10.4. The van der Waals surface area contributed by atoms with Crippen molar-refractivity contribution >= 4 is 76.3 Å². The molecule has 0 bridgehead atoms. The summed E-state index contributed by atoms with van der Waals surface area (Å²) in [5, 5.41) is 6.02. The van der Waals surface area contributed by atoms with Gasteiger partial charge in [-0.3, -0.25) is 4.98 Å². The van der Waals surface area contributed by atoms with Crippen LogP contribution >= 0.6 is 53.2 Å². The molecule has 0 aliphatic carbocycles. The maximum absolute atomic E-state index is 13.2. The Hall–Kier alpha value is -3.13. The zero-order chi connectivity index (χ0) is 39.2. The molecule has 6 atom stereocenters. The highest BCUT2D eigenvalue weighted by molar-refractivity contribution is 14.2. The van der Waals surface area contributed by atoms with Crippen LogP contribution in [0.1, 0.15) is 64.7 Å². The number of methoxy groups -OCH3 is 1. The lowest BCUT2D eigenvalue weighted by Gasteiger charge is -2.51. The molecule has 0 saturated carbocycles. The van der Waals surface area contributed by atoms with Crippen LogP contribution in [0.4, 0.5) is 14.7 Å². The quantitative estimate of drug-likeness (QED) is 0.102. The Bertz CT molecular complexity index is 1830. The van der Waals surface area contributed by atoms with Crippen LogP contribution in [0.5, 0.6) is 0 Å². The van der Waals surface area contributed by atoms with Crippen molar-refractivity contribution in [1.82, 2.24) is 15.0 Å². The van der Waals surface area contributed by atoms with Crippen LogP contribution in [-0.2, 0) is 28.4 Å². The molecule has 54 heavy (non-hydrogen) atoms. The fraction of sp³-hybridized carbons (Fsp3) is 0.444. The molecule has 6 unspecified atom stereocenters. The largest absolute Gasteiger partial charge is 0.443 e. The Morgan fingerprint density at radius 1 is 1.07 bits per heavy atom. The normalized spacial score (nSPS) is 23.0. The number of hydrogen-bond donors (Lipinski definition) is 2. The van der Waals surface area contributed by atoms with Crippen LogP contribution in [0.15, 0.2) is 65.3 Å². The van der Waals surface area contributed by atoms with E-state index in [1.165, 1.54) is 31.9 Å². The maximum Gasteiger partial charge on any atom is 0.426 e. The number of hydrazine groups is 1. The number of thiazole rings is 1. The molecule has 0 radical (unpaired) electrons. The van der Waals surface area contributed by atoms with Gasteiger partial charge in [0.2, 0.25) is 5.13 Å². The minimum atomic E-state index is -0.943. The summed E-state index contributed by atoms with van der Waals surface area (Å²) in [4.78, 5) is 36.9. The number of fused-ring (bicyclic) bond motifs is 1. The van der Waals surface area contributed by atoms with Crippen LogP contribution in [-0.4, -0.2) is 81.9 Å². The van der Waals surface area contributed by atoms with Crippen molar-refractivity contribution in [2.45, 2.75) is 93.7 Å². The highest BCUT2D eigenvalue weighted by atomic mass is 127. The molecule has 0 spiro atoms. The molecule has 5 rings (SSSR count). The number of carbonyl (C=O) groups is 2. The topological polar surface area (TPSA) is 174 Å². The Balaban J connectivity index is 1.46. The number of halogens is 1. The Morgan fingerprint density at radius 2 is 1.76 bits per heavy atom. The van der Waals surface area contributed by atoms with Gasteiger partial charge < -0.3 is 39.2 Å². The third kappa shape index (κ3) is 11.0. The van der Waals surface area contributed by atoms with E-state index >= 15 is 0 Å². The van der Waals surface area contributed by atoms with Crippen LogP contribution in [0.25, 0.3) is 5.70 Å². The van der Waals surface area contributed by atoms with Crippen molar-refractivity contribution in [3.8, 4) is 11.2 Å². The van der Waals surface area contributed by atoms with E-state index in [9.17, 15) is 9.59 Å². The fourth-order valence-electron chi connectivity index (χ4n) is 5.45. The average molecular weight is 911 g/mol. The number of amides is 2. The number of thioether (sulfide) groups is 1. The summed E-state index contributed by atoms with van der Waals surface area (Å²) in [6, 6.07) is 10.9. The van der Waals surface area contributed by atoms with Crippen molar-refractivity contribution in [2.75, 3.05) is 18.6 Å². The van der Waals surface area contributed by atoms with Gasteiger partial charge in [0.25, 0.3) is 0 Å². The summed E-state index contributed by atoms with van der Waals surface area (Å²) in [5.74, 6) is 9.95. The van der Waals surface area contributed by atoms with Crippen LogP contribution in [0, 0.1) is 11.2 Å². The molecule has 14 nitrogen and oxygen atoms in total. The molecule has 1 aromatic carbocycles. The Labute approximate surface area is 339 Å². The van der Waals surface area contributed by atoms with Crippen LogP contribution < -0.4 is 16.5 Å². The number of rotatable bonds is 8. The number of anilines is 1. The van der Waals surface area contributed by atoms with Crippen molar-refractivity contribution in [1.29, 1.82) is 0 Å². The molecule has 18 heteroatoms. The number of carbonyl (C=O) groups excluding carboxylic acids is 2. The van der Waals surface area contributed by atoms with E-state index in [2.05, 4.69) is 42.3 Å². The first-order valence-electron chi connectivity index (χ1n) is 16.7. The molecule has 2 fully saturated rings. The summed E-state index contributed by atoms with van der Waals surface area (Å²) >= 11 is 4.55. The minimum Gasteiger partial charge on any atom is -0.443 e. The van der Waals surface area contributed by atoms with Gasteiger partial charge in [-0.25, -0.2) is 20.4 Å². The monoisotopic (exact) mass is 910 g/mol. The van der Waals surface area contributed by atoms with Crippen LogP contribution in [0.2, 0.25) is 0 Å². The maximum atomic E-state index is 13.2. The van der Waals surface area contributed by atoms with E-state index in [0.29, 0.717) is 0 Å². The van der Waals surface area contributed by atoms with E-state index in [1.807, 2.05) is 36.4 Å². The molecule has 2 aromatic heterocycles. The van der Waals surface area contributed by atoms with Gasteiger partial charge in [0, 0.05) is 68.3 Å². The van der Waals surface area contributed by atoms with Crippen molar-refractivity contribution in [2.24, 2.45) is 11.6 Å². The van der Waals surface area contributed by atoms with Gasteiger partial charge in [-0.1, -0.05) is 48.0 Å². The molecular formula is C36H43IN6O8S3. The standard InChI is InChI=1S/C36H43IN6O8S3/c1-35(2,3)50-33(44)43(34(45)51-36(4,5)6)32-41-25(20-52-32)24(38)18-42(39)27-28-26(19-47-30(49-28)22-11-9-8-10-12-22)48-31(29(27)46-7)54-23-15-21(13-14-53-37)16-40-17-23/h8-12,15-18,20,26-31H,19,38-39H2,1-7H3/b24-18-. The van der Waals surface area contributed by atoms with Gasteiger partial charge >= 0.3 is 12.2 Å². The van der Waals surface area contributed by atoms with E-state index in [4.69, 9.17) is 40.0 Å². The zero-order valence-corrected chi connectivity index (χ0v) is 35.4. The average Bonchev–Trinajstić information content (AvgIpc) is 3.58. The molecule has 290 valence electrons. The molecule has 4 heterocycles. The van der Waals surface area contributed by atoms with Crippen LogP contribution in [0.3, 0.4) is 0 Å². The summed E-state index contributed by atoms with van der Waals surface area (Å²) < 4.78 is 36.5. The van der Waals surface area contributed by atoms with E-state index in [0.717, 1.165) is 32.3 Å². The molecule has 3 aromatic rings. The first-order valence-corrected chi connectivity index (χ1v) is 21.8. The fourth-order valence-corrected chi connectivity index (χ4v) is 7.94. The highest BCUT2D eigenvalue weighted by Gasteiger charge is 2.52. The van der Waals surface area contributed by atoms with Gasteiger partial charge in [-0.2, -0.15) is 4.90 Å². The number of ether oxygens (including phenoxy) is 6. The SMILES string of the molecule is COC1C(Sc2cncc(C#CSI)c2)OC2COC(c3ccccc3)OC2C1N(N)/C=C(\N)c1csc(N(C(=O)OC(C)(C)C)C(=O)OC(C)(C)C)n1. The van der Waals surface area contributed by atoms with Crippen molar-refractivity contribution in [3.05, 3.63) is 77.2 Å². The van der Waals surface area contributed by atoms with E-state index in [1.54, 1.807) is 66.4 Å². The zero-order valence-electron chi connectivity index (χ0n) is 30.8. The van der Waals surface area contributed by atoms with Gasteiger partial charge in [-0.05, 0) is 61.8 Å². The predicted molar refractivity (Wildman–Crippen MR) is 217 cm³/mol. The number of aromatic nitrogens is 2. The van der Waals surface area contributed by atoms with Crippen molar-refractivity contribution in [3.63, 3.8) is 0 Å². The number of pyridine rings is 1. The van der Waals surface area contributed by atoms with E-state index in [-0.39, 0.29) is 23.1 Å². The lowest BCUT2D eigenvalue weighted by atomic mass is 9.95. The van der Waals surface area contributed by atoms with E-state index < -0.39 is 59.5 Å². The van der Waals surface area contributed by atoms with Gasteiger partial charge in [0.1, 0.15) is 46.7 Å². The first-order chi connectivity index (χ1) is 25.6. The summed E-state index contributed by atoms with van der Waals surface area (Å²) in [6.07, 6.45) is 0.566. The lowest BCUT2D eigenvalue weighted by molar-refractivity contribution is -0.309.